The predicted octanol–water partition coefficient (Wildman–Crippen LogP) is 0.558. The molecule has 0 spiro atoms. The number of primary amides is 1. The summed E-state index contributed by atoms with van der Waals surface area (Å²) in [6.45, 7) is 2.09. The minimum absolute atomic E-state index is 0.418. The van der Waals surface area contributed by atoms with Gasteiger partial charge in [0.1, 0.15) is 0 Å². The van der Waals surface area contributed by atoms with E-state index in [-0.39, 0.29) is 0 Å². The van der Waals surface area contributed by atoms with Crippen molar-refractivity contribution in [1.29, 1.82) is 0 Å². The number of hydrogen-bond donors (Lipinski definition) is 2. The summed E-state index contributed by atoms with van der Waals surface area (Å²) in [4.78, 5) is 10.9. The Kier molecular flexibility index (Phi) is 1.43. The normalized spacial score (nSPS) is 20.9. The van der Waals surface area contributed by atoms with Crippen LogP contribution in [0.1, 0.15) is 41.0 Å². The fraction of sp³-hybridized carbons (Fsp3) is 0.500. The second kappa shape index (κ2) is 2.33. The Balaban J connectivity index is 2.53. The summed E-state index contributed by atoms with van der Waals surface area (Å²) in [6.07, 6.45) is 2.07. The zero-order chi connectivity index (χ0) is 8.72. The molecule has 0 saturated heterocycles. The largest absolute Gasteiger partial charge is 0.364 e. The number of hydrogen-bond acceptors (Lipinski definition) is 2. The van der Waals surface area contributed by atoms with Gasteiger partial charge in [-0.2, -0.15) is 5.10 Å². The van der Waals surface area contributed by atoms with Crippen LogP contribution in [0.2, 0.25) is 0 Å². The van der Waals surface area contributed by atoms with E-state index in [2.05, 4.69) is 17.1 Å². The second-order valence-corrected chi connectivity index (χ2v) is 3.27. The Morgan fingerprint density at radius 1 is 1.75 bits per heavy atom. The number of amides is 1. The molecule has 0 bridgehead atoms. The van der Waals surface area contributed by atoms with E-state index < -0.39 is 5.91 Å². The lowest BCUT2D eigenvalue weighted by molar-refractivity contribution is 0.0994. The topological polar surface area (TPSA) is 71.8 Å². The van der Waals surface area contributed by atoms with Crippen LogP contribution < -0.4 is 5.73 Å². The number of fused-ring (bicyclic) bond motifs is 1. The molecule has 4 heteroatoms. The van der Waals surface area contributed by atoms with Crippen LogP contribution >= 0.6 is 0 Å². The van der Waals surface area contributed by atoms with Gasteiger partial charge in [0.15, 0.2) is 5.69 Å². The van der Waals surface area contributed by atoms with E-state index in [0.717, 1.165) is 24.1 Å². The van der Waals surface area contributed by atoms with E-state index in [9.17, 15) is 4.79 Å². The lowest BCUT2D eigenvalue weighted by atomic mass is 10.0. The maximum Gasteiger partial charge on any atom is 0.269 e. The highest BCUT2D eigenvalue weighted by molar-refractivity contribution is 5.92. The van der Waals surface area contributed by atoms with Crippen LogP contribution in [-0.4, -0.2) is 16.1 Å². The first-order chi connectivity index (χ1) is 5.70. The van der Waals surface area contributed by atoms with Crippen molar-refractivity contribution in [3.63, 3.8) is 0 Å². The molecule has 1 unspecified atom stereocenters. The van der Waals surface area contributed by atoms with Crippen molar-refractivity contribution in [2.24, 2.45) is 5.73 Å². The molecular formula is C8H11N3O. The molecule has 0 saturated carbocycles. The summed E-state index contributed by atoms with van der Waals surface area (Å²) in [5.41, 5.74) is 7.71. The highest BCUT2D eigenvalue weighted by Gasteiger charge is 2.26. The van der Waals surface area contributed by atoms with Gasteiger partial charge in [-0.3, -0.25) is 9.89 Å². The molecule has 0 fully saturated rings. The Bertz CT molecular complexity index is 329. The van der Waals surface area contributed by atoms with Gasteiger partial charge in [0.2, 0.25) is 0 Å². The van der Waals surface area contributed by atoms with E-state index >= 15 is 0 Å². The SMILES string of the molecule is CC1CCc2[nH]nc(C(N)=O)c21. The zero-order valence-corrected chi connectivity index (χ0v) is 6.92. The summed E-state index contributed by atoms with van der Waals surface area (Å²) >= 11 is 0. The smallest absolute Gasteiger partial charge is 0.269 e. The number of carbonyl (C=O) groups excluding carboxylic acids is 1. The van der Waals surface area contributed by atoms with Gasteiger partial charge in [-0.1, -0.05) is 6.92 Å². The van der Waals surface area contributed by atoms with Gasteiger partial charge in [-0.05, 0) is 18.8 Å². The van der Waals surface area contributed by atoms with Crippen LogP contribution in [0.3, 0.4) is 0 Å². The average molecular weight is 165 g/mol. The van der Waals surface area contributed by atoms with Crippen molar-refractivity contribution in [2.45, 2.75) is 25.7 Å². The molecule has 12 heavy (non-hydrogen) atoms. The monoisotopic (exact) mass is 165 g/mol. The van der Waals surface area contributed by atoms with Crippen LogP contribution in [0, 0.1) is 0 Å². The highest BCUT2D eigenvalue weighted by atomic mass is 16.1. The summed E-state index contributed by atoms with van der Waals surface area (Å²) in [6, 6.07) is 0. The summed E-state index contributed by atoms with van der Waals surface area (Å²) < 4.78 is 0. The summed E-state index contributed by atoms with van der Waals surface area (Å²) in [5, 5.41) is 6.74. The Morgan fingerprint density at radius 2 is 2.50 bits per heavy atom. The standard InChI is InChI=1S/C8H11N3O/c1-4-2-3-5-6(4)7(8(9)12)11-10-5/h4H,2-3H2,1H3,(H2,9,12)(H,10,11). The number of H-pyrrole nitrogens is 1. The van der Waals surface area contributed by atoms with Crippen LogP contribution in [0.25, 0.3) is 0 Å². The second-order valence-electron chi connectivity index (χ2n) is 3.27. The Hall–Kier alpha value is -1.32. The molecule has 0 aromatic carbocycles. The number of aromatic nitrogens is 2. The molecule has 1 aliphatic carbocycles. The fourth-order valence-electron chi connectivity index (χ4n) is 1.80. The first-order valence-corrected chi connectivity index (χ1v) is 4.07. The third kappa shape index (κ3) is 0.841. The predicted molar refractivity (Wildman–Crippen MR) is 43.8 cm³/mol. The fourth-order valence-corrected chi connectivity index (χ4v) is 1.80. The minimum atomic E-state index is -0.429. The van der Waals surface area contributed by atoms with Gasteiger partial charge < -0.3 is 5.73 Å². The van der Waals surface area contributed by atoms with Crippen molar-refractivity contribution in [2.75, 3.05) is 0 Å². The molecule has 0 aliphatic heterocycles. The molecule has 0 radical (unpaired) electrons. The molecule has 1 heterocycles. The number of nitrogens with zero attached hydrogens (tertiary/aromatic N) is 1. The number of nitrogens with two attached hydrogens (primary N) is 1. The third-order valence-electron chi connectivity index (χ3n) is 2.44. The van der Waals surface area contributed by atoms with Crippen LogP contribution in [0.15, 0.2) is 0 Å². The van der Waals surface area contributed by atoms with Crippen molar-refractivity contribution in [1.82, 2.24) is 10.2 Å². The van der Waals surface area contributed by atoms with E-state index in [0.29, 0.717) is 11.6 Å². The Labute approximate surface area is 70.1 Å². The maximum atomic E-state index is 10.9. The first-order valence-electron chi connectivity index (χ1n) is 4.07. The molecule has 3 N–H and O–H groups in total. The van der Waals surface area contributed by atoms with Crippen LogP contribution in [0.4, 0.5) is 0 Å². The van der Waals surface area contributed by atoms with Gasteiger partial charge in [-0.25, -0.2) is 0 Å². The van der Waals surface area contributed by atoms with E-state index in [4.69, 9.17) is 5.73 Å². The number of aryl methyl sites for hydroxylation is 1. The lowest BCUT2D eigenvalue weighted by Crippen LogP contribution is -2.14. The molecule has 2 rings (SSSR count). The van der Waals surface area contributed by atoms with Gasteiger partial charge in [-0.15, -0.1) is 0 Å². The molecule has 64 valence electrons. The van der Waals surface area contributed by atoms with Gasteiger partial charge >= 0.3 is 0 Å². The van der Waals surface area contributed by atoms with Gasteiger partial charge in [0.05, 0.1) is 0 Å². The zero-order valence-electron chi connectivity index (χ0n) is 6.92. The van der Waals surface area contributed by atoms with Gasteiger partial charge in [0, 0.05) is 11.3 Å². The van der Waals surface area contributed by atoms with E-state index in [1.54, 1.807) is 0 Å². The molecular weight excluding hydrogens is 154 g/mol. The summed E-state index contributed by atoms with van der Waals surface area (Å²) in [5.74, 6) is -0.0116. The molecule has 1 aliphatic rings. The number of nitrogens with one attached hydrogen (secondary N) is 1. The third-order valence-corrected chi connectivity index (χ3v) is 2.44. The van der Waals surface area contributed by atoms with Crippen LogP contribution in [-0.2, 0) is 6.42 Å². The van der Waals surface area contributed by atoms with Crippen LogP contribution in [0.5, 0.6) is 0 Å². The number of aromatic amines is 1. The van der Waals surface area contributed by atoms with E-state index in [1.165, 1.54) is 0 Å². The van der Waals surface area contributed by atoms with Crippen molar-refractivity contribution in [3.8, 4) is 0 Å². The van der Waals surface area contributed by atoms with Gasteiger partial charge in [0.25, 0.3) is 5.91 Å². The van der Waals surface area contributed by atoms with E-state index in [1.807, 2.05) is 0 Å². The average Bonchev–Trinajstić information content (AvgIpc) is 2.53. The molecule has 1 aromatic rings. The lowest BCUT2D eigenvalue weighted by Gasteiger charge is -2.00. The highest BCUT2D eigenvalue weighted by Crippen LogP contribution is 2.33. The molecule has 1 atom stereocenters. The summed E-state index contributed by atoms with van der Waals surface area (Å²) in [7, 11) is 0. The minimum Gasteiger partial charge on any atom is -0.364 e. The van der Waals surface area contributed by atoms with Crippen molar-refractivity contribution in [3.05, 3.63) is 17.0 Å². The number of carbonyl (C=O) groups is 1. The van der Waals surface area contributed by atoms with Crippen molar-refractivity contribution >= 4 is 5.91 Å². The number of rotatable bonds is 1. The quantitative estimate of drug-likeness (QED) is 0.638. The Morgan fingerprint density at radius 3 is 3.17 bits per heavy atom. The molecule has 1 amide bonds. The van der Waals surface area contributed by atoms with Crippen molar-refractivity contribution < 1.29 is 4.79 Å². The first kappa shape index (κ1) is 7.34. The maximum absolute atomic E-state index is 10.9. The molecule has 1 aromatic heterocycles. The molecule has 4 nitrogen and oxygen atoms in total.